The van der Waals surface area contributed by atoms with Gasteiger partial charge in [0.15, 0.2) is 11.6 Å². The Labute approximate surface area is 233 Å². The minimum Gasteiger partial charge on any atom is -0.496 e. The SMILES string of the molecule is COc1cc(-n2nc(-c3cc(CNC(=O)C(F)(F)F)ccc3Cl)[nH]c2=O)ccc1C(=O)Cc1cccc(C(F)F)c1. The predicted octanol–water partition coefficient (Wildman–Crippen LogP) is 5.43. The molecule has 1 aromatic heterocycles. The molecule has 0 bridgehead atoms. The van der Waals surface area contributed by atoms with Crippen molar-refractivity contribution in [3.05, 3.63) is 98.4 Å². The zero-order chi connectivity index (χ0) is 29.9. The summed E-state index contributed by atoms with van der Waals surface area (Å²) in [7, 11) is 1.31. The largest absolute Gasteiger partial charge is 0.496 e. The highest BCUT2D eigenvalue weighted by Crippen LogP contribution is 2.28. The van der Waals surface area contributed by atoms with Crippen molar-refractivity contribution >= 4 is 23.3 Å². The number of nitrogens with one attached hydrogen (secondary N) is 2. The van der Waals surface area contributed by atoms with Crippen molar-refractivity contribution in [2.45, 2.75) is 25.6 Å². The number of Topliss-reactive ketones (excluding diaryl/α,β-unsaturated/α-hetero) is 1. The number of halogens is 6. The van der Waals surface area contributed by atoms with Crippen molar-refractivity contribution in [2.75, 3.05) is 7.11 Å². The van der Waals surface area contributed by atoms with E-state index in [1.807, 2.05) is 0 Å². The molecule has 0 saturated carbocycles. The average molecular weight is 595 g/mol. The lowest BCUT2D eigenvalue weighted by molar-refractivity contribution is -0.173. The molecule has 0 aliphatic rings. The van der Waals surface area contributed by atoms with Gasteiger partial charge in [0.25, 0.3) is 6.43 Å². The third kappa shape index (κ3) is 6.80. The smallest absolute Gasteiger partial charge is 0.471 e. The number of carbonyl (C=O) groups excluding carboxylic acids is 2. The Morgan fingerprint density at radius 1 is 1.07 bits per heavy atom. The Balaban J connectivity index is 1.59. The molecule has 0 saturated heterocycles. The zero-order valence-corrected chi connectivity index (χ0v) is 21.8. The van der Waals surface area contributed by atoms with Gasteiger partial charge in [-0.2, -0.15) is 17.9 Å². The van der Waals surface area contributed by atoms with Crippen molar-refractivity contribution in [3.8, 4) is 22.8 Å². The van der Waals surface area contributed by atoms with E-state index in [0.717, 1.165) is 4.68 Å². The normalized spacial score (nSPS) is 11.5. The fourth-order valence-corrected chi connectivity index (χ4v) is 4.14. The Hall–Kier alpha value is -4.52. The van der Waals surface area contributed by atoms with Crippen molar-refractivity contribution in [2.24, 2.45) is 0 Å². The second-order valence-corrected chi connectivity index (χ2v) is 9.12. The van der Waals surface area contributed by atoms with E-state index < -0.39 is 36.5 Å². The van der Waals surface area contributed by atoms with Crippen LogP contribution < -0.4 is 15.7 Å². The summed E-state index contributed by atoms with van der Waals surface area (Å²) in [5.41, 5.74) is 0.297. The molecule has 214 valence electrons. The Morgan fingerprint density at radius 3 is 2.51 bits per heavy atom. The lowest BCUT2D eigenvalue weighted by Crippen LogP contribution is -2.36. The van der Waals surface area contributed by atoms with Gasteiger partial charge in [0.05, 0.1) is 23.4 Å². The first-order chi connectivity index (χ1) is 19.4. The highest BCUT2D eigenvalue weighted by atomic mass is 35.5. The van der Waals surface area contributed by atoms with E-state index in [1.54, 1.807) is 11.4 Å². The van der Waals surface area contributed by atoms with Gasteiger partial charge in [0.1, 0.15) is 5.75 Å². The van der Waals surface area contributed by atoms with E-state index in [-0.39, 0.29) is 51.0 Å². The van der Waals surface area contributed by atoms with Gasteiger partial charge in [-0.25, -0.2) is 13.6 Å². The molecule has 1 amide bonds. The molecule has 4 aromatic rings. The predicted molar refractivity (Wildman–Crippen MR) is 139 cm³/mol. The fourth-order valence-electron chi connectivity index (χ4n) is 3.93. The zero-order valence-electron chi connectivity index (χ0n) is 21.1. The molecule has 14 heteroatoms. The molecule has 1 heterocycles. The van der Waals surface area contributed by atoms with Gasteiger partial charge in [0, 0.05) is 30.2 Å². The Morgan fingerprint density at radius 2 is 1.83 bits per heavy atom. The van der Waals surface area contributed by atoms with Crippen LogP contribution in [0.15, 0.2) is 65.5 Å². The molecule has 0 aliphatic carbocycles. The quantitative estimate of drug-likeness (QED) is 0.199. The lowest BCUT2D eigenvalue weighted by Gasteiger charge is -2.11. The van der Waals surface area contributed by atoms with E-state index in [9.17, 15) is 36.3 Å². The number of methoxy groups -OCH3 is 1. The van der Waals surface area contributed by atoms with Crippen LogP contribution in [0.2, 0.25) is 5.02 Å². The van der Waals surface area contributed by atoms with Crippen molar-refractivity contribution < 1.29 is 36.3 Å². The fraction of sp³-hybridized carbons (Fsp3) is 0.185. The summed E-state index contributed by atoms with van der Waals surface area (Å²) in [5, 5.41) is 6.10. The number of H-pyrrole nitrogens is 1. The molecule has 0 atom stereocenters. The monoisotopic (exact) mass is 594 g/mol. The molecule has 41 heavy (non-hydrogen) atoms. The molecule has 0 unspecified atom stereocenters. The van der Waals surface area contributed by atoms with E-state index in [0.29, 0.717) is 5.56 Å². The number of alkyl halides is 5. The summed E-state index contributed by atoms with van der Waals surface area (Å²) >= 11 is 6.23. The minimum absolute atomic E-state index is 0.0120. The lowest BCUT2D eigenvalue weighted by atomic mass is 10.0. The summed E-state index contributed by atoms with van der Waals surface area (Å²) in [6.07, 6.45) is -7.88. The third-order valence-electron chi connectivity index (χ3n) is 5.91. The van der Waals surface area contributed by atoms with E-state index in [4.69, 9.17) is 16.3 Å². The van der Waals surface area contributed by atoms with Crippen LogP contribution >= 0.6 is 11.6 Å². The summed E-state index contributed by atoms with van der Waals surface area (Å²) in [6, 6.07) is 13.9. The first kappa shape index (κ1) is 29.5. The van der Waals surface area contributed by atoms with Crippen LogP contribution in [0.3, 0.4) is 0 Å². The molecule has 3 aromatic carbocycles. The first-order valence-electron chi connectivity index (χ1n) is 11.8. The average Bonchev–Trinajstić information content (AvgIpc) is 3.32. The Kier molecular flexibility index (Phi) is 8.57. The van der Waals surface area contributed by atoms with Gasteiger partial charge in [-0.05, 0) is 41.5 Å². The number of carbonyl (C=O) groups is 2. The first-order valence-corrected chi connectivity index (χ1v) is 12.2. The maximum Gasteiger partial charge on any atom is 0.471 e. The van der Waals surface area contributed by atoms with Crippen molar-refractivity contribution in [1.82, 2.24) is 20.1 Å². The van der Waals surface area contributed by atoms with E-state index >= 15 is 0 Å². The second kappa shape index (κ2) is 11.9. The molecule has 0 radical (unpaired) electrons. The number of ketones is 1. The highest BCUT2D eigenvalue weighted by Gasteiger charge is 2.38. The number of aromatic amines is 1. The van der Waals surface area contributed by atoms with Crippen LogP contribution in [0.4, 0.5) is 22.0 Å². The summed E-state index contributed by atoms with van der Waals surface area (Å²) in [5.74, 6) is -2.42. The topological polar surface area (TPSA) is 106 Å². The number of ether oxygens (including phenoxy) is 1. The number of rotatable bonds is 9. The van der Waals surface area contributed by atoms with Gasteiger partial charge in [-0.1, -0.05) is 35.9 Å². The van der Waals surface area contributed by atoms with Crippen LogP contribution in [0, 0.1) is 0 Å². The Bertz CT molecular complexity index is 1670. The second-order valence-electron chi connectivity index (χ2n) is 8.72. The summed E-state index contributed by atoms with van der Waals surface area (Å²) < 4.78 is 69.8. The van der Waals surface area contributed by atoms with E-state index in [1.165, 1.54) is 61.7 Å². The van der Waals surface area contributed by atoms with Crippen molar-refractivity contribution in [3.63, 3.8) is 0 Å². The number of nitrogens with zero attached hydrogens (tertiary/aromatic N) is 2. The number of hydrogen-bond acceptors (Lipinski definition) is 5. The molecule has 2 N–H and O–H groups in total. The summed E-state index contributed by atoms with van der Waals surface area (Å²) in [6.45, 7) is -0.452. The molecule has 0 fully saturated rings. The minimum atomic E-state index is -5.04. The third-order valence-corrected chi connectivity index (χ3v) is 6.24. The highest BCUT2D eigenvalue weighted by molar-refractivity contribution is 6.33. The number of amides is 1. The van der Waals surface area contributed by atoms with Crippen LogP contribution in [0.5, 0.6) is 5.75 Å². The molecule has 8 nitrogen and oxygen atoms in total. The van der Waals surface area contributed by atoms with Crippen LogP contribution in [-0.2, 0) is 17.8 Å². The number of aromatic nitrogens is 3. The van der Waals surface area contributed by atoms with Crippen LogP contribution in [0.1, 0.15) is 33.5 Å². The van der Waals surface area contributed by atoms with E-state index in [2.05, 4.69) is 10.1 Å². The van der Waals surface area contributed by atoms with Gasteiger partial charge >= 0.3 is 17.8 Å². The molecular formula is C27H20ClF5N4O4. The van der Waals surface area contributed by atoms with Gasteiger partial charge in [0.2, 0.25) is 0 Å². The number of hydrogen-bond donors (Lipinski definition) is 2. The molecule has 4 rings (SSSR count). The standard InChI is InChI=1S/C27H20ClF5N4O4/c1-41-22-12-17(6-7-18(22)21(38)11-14-3-2-4-16(9-14)23(29)30)37-26(40)35-24(36-37)19-10-15(5-8-20(19)28)13-34-25(39)27(31,32)33/h2-10,12,23H,11,13H2,1H3,(H,34,39)(H,35,36,40). The van der Waals surface area contributed by atoms with Gasteiger partial charge in [-0.15, -0.1) is 5.10 Å². The van der Waals surface area contributed by atoms with Gasteiger partial charge < -0.3 is 10.1 Å². The van der Waals surface area contributed by atoms with Crippen LogP contribution in [0.25, 0.3) is 17.1 Å². The van der Waals surface area contributed by atoms with Crippen LogP contribution in [-0.4, -0.2) is 39.7 Å². The van der Waals surface area contributed by atoms with Crippen molar-refractivity contribution in [1.29, 1.82) is 0 Å². The molecule has 0 spiro atoms. The number of benzene rings is 3. The molecular weight excluding hydrogens is 575 g/mol. The maximum atomic E-state index is 13.0. The van der Waals surface area contributed by atoms with Gasteiger partial charge in [-0.3, -0.25) is 14.6 Å². The maximum absolute atomic E-state index is 13.0. The molecule has 0 aliphatic heterocycles. The summed E-state index contributed by atoms with van der Waals surface area (Å²) in [4.78, 5) is 39.3.